The van der Waals surface area contributed by atoms with E-state index in [0.29, 0.717) is 0 Å². The Morgan fingerprint density at radius 2 is 2.20 bits per heavy atom. The highest BCUT2D eigenvalue weighted by molar-refractivity contribution is 4.59. The molecule has 0 aliphatic carbocycles. The molecule has 5 heavy (non-hydrogen) atoms. The standard InChI is InChI=1S/C3H7FN/c1-2-3(4)5/h2-3H,5H2,1H3. The molecule has 0 heterocycles. The highest BCUT2D eigenvalue weighted by atomic mass is 19.1. The van der Waals surface area contributed by atoms with E-state index in [-0.39, 0.29) is 0 Å². The van der Waals surface area contributed by atoms with Gasteiger partial charge in [0, 0.05) is 6.42 Å². The van der Waals surface area contributed by atoms with Gasteiger partial charge in [-0.2, -0.15) is 0 Å². The fraction of sp³-hybridized carbons (Fsp3) is 0.667. The maximum absolute atomic E-state index is 11.2. The summed E-state index contributed by atoms with van der Waals surface area (Å²) in [5, 5.41) is 0. The monoisotopic (exact) mass is 76.1 g/mol. The highest BCUT2D eigenvalue weighted by Crippen LogP contribution is 1.79. The summed E-state index contributed by atoms with van der Waals surface area (Å²) in [7, 11) is 0. The van der Waals surface area contributed by atoms with Gasteiger partial charge in [0.25, 0.3) is 0 Å². The van der Waals surface area contributed by atoms with Gasteiger partial charge in [-0.25, -0.2) is 4.39 Å². The zero-order valence-corrected chi connectivity index (χ0v) is 3.11. The predicted octanol–water partition coefficient (Wildman–Crippen LogP) is 0.465. The average Bonchev–Trinajstić information content (AvgIpc) is 1.38. The molecule has 0 aromatic rings. The van der Waals surface area contributed by atoms with Gasteiger partial charge in [-0.1, -0.05) is 6.92 Å². The van der Waals surface area contributed by atoms with Crippen molar-refractivity contribution in [3.8, 4) is 0 Å². The summed E-state index contributed by atoms with van der Waals surface area (Å²) in [5.41, 5.74) is 4.57. The third-order valence-electron chi connectivity index (χ3n) is 0.318. The van der Waals surface area contributed by atoms with E-state index in [1.807, 2.05) is 0 Å². The molecule has 1 nitrogen and oxygen atoms in total. The van der Waals surface area contributed by atoms with Crippen molar-refractivity contribution in [2.75, 3.05) is 0 Å². The van der Waals surface area contributed by atoms with Crippen LogP contribution >= 0.6 is 0 Å². The van der Waals surface area contributed by atoms with Crippen LogP contribution in [-0.4, -0.2) is 6.30 Å². The first-order valence-corrected chi connectivity index (χ1v) is 1.46. The summed E-state index contributed by atoms with van der Waals surface area (Å²) in [6, 6.07) is 0. The molecule has 0 aromatic carbocycles. The molecule has 2 heteroatoms. The van der Waals surface area contributed by atoms with Crippen molar-refractivity contribution < 1.29 is 4.39 Å². The molecular formula is C3H7FN. The maximum Gasteiger partial charge on any atom is 0.151 e. The smallest absolute Gasteiger partial charge is 0.151 e. The molecule has 0 aliphatic rings. The molecule has 0 saturated heterocycles. The van der Waals surface area contributed by atoms with E-state index in [1.54, 1.807) is 6.92 Å². The van der Waals surface area contributed by atoms with Crippen LogP contribution in [0.25, 0.3) is 0 Å². The van der Waals surface area contributed by atoms with Crippen molar-refractivity contribution in [3.63, 3.8) is 0 Å². The van der Waals surface area contributed by atoms with Crippen molar-refractivity contribution >= 4 is 0 Å². The van der Waals surface area contributed by atoms with E-state index in [9.17, 15) is 4.39 Å². The van der Waals surface area contributed by atoms with Crippen molar-refractivity contribution in [2.24, 2.45) is 5.73 Å². The predicted molar refractivity (Wildman–Crippen MR) is 19.1 cm³/mol. The van der Waals surface area contributed by atoms with Crippen LogP contribution < -0.4 is 5.73 Å². The molecule has 31 valence electrons. The second-order valence-corrected chi connectivity index (χ2v) is 0.778. The van der Waals surface area contributed by atoms with Crippen LogP contribution in [0.2, 0.25) is 0 Å². The van der Waals surface area contributed by atoms with E-state index in [2.05, 4.69) is 5.73 Å². The normalized spacial score (nSPS) is 15.0. The van der Waals surface area contributed by atoms with Crippen LogP contribution in [-0.2, 0) is 0 Å². The van der Waals surface area contributed by atoms with Gasteiger partial charge in [-0.05, 0) is 0 Å². The summed E-state index contributed by atoms with van der Waals surface area (Å²) in [4.78, 5) is 0. The molecule has 0 spiro atoms. The molecule has 1 unspecified atom stereocenters. The maximum atomic E-state index is 11.2. The van der Waals surface area contributed by atoms with Gasteiger partial charge in [0.2, 0.25) is 0 Å². The number of hydrogen-bond acceptors (Lipinski definition) is 1. The van der Waals surface area contributed by atoms with E-state index >= 15 is 0 Å². The molecule has 0 fully saturated rings. The second-order valence-electron chi connectivity index (χ2n) is 0.778. The Hall–Kier alpha value is -0.110. The van der Waals surface area contributed by atoms with Gasteiger partial charge in [-0.3, -0.25) is 0 Å². The van der Waals surface area contributed by atoms with Crippen LogP contribution in [0.4, 0.5) is 4.39 Å². The number of hydrogen-bond donors (Lipinski definition) is 1. The molecule has 0 aliphatic heterocycles. The third kappa shape index (κ3) is 3.89. The molecule has 0 amide bonds. The Balaban J connectivity index is 2.54. The van der Waals surface area contributed by atoms with Gasteiger partial charge >= 0.3 is 0 Å². The SMILES string of the molecule is C[CH]C(N)F. The van der Waals surface area contributed by atoms with Crippen LogP contribution in [0.1, 0.15) is 6.92 Å². The molecule has 0 bridgehead atoms. The van der Waals surface area contributed by atoms with Crippen LogP contribution in [0.5, 0.6) is 0 Å². The topological polar surface area (TPSA) is 26.0 Å². The zero-order valence-electron chi connectivity index (χ0n) is 3.11. The van der Waals surface area contributed by atoms with Crippen molar-refractivity contribution in [1.29, 1.82) is 0 Å². The molecule has 1 atom stereocenters. The summed E-state index contributed by atoms with van der Waals surface area (Å²) in [6.45, 7) is 1.57. The van der Waals surface area contributed by atoms with Gasteiger partial charge in [0.15, 0.2) is 6.30 Å². The summed E-state index contributed by atoms with van der Waals surface area (Å²) in [5.74, 6) is 0. The van der Waals surface area contributed by atoms with Crippen LogP contribution in [0.15, 0.2) is 0 Å². The van der Waals surface area contributed by atoms with E-state index < -0.39 is 6.30 Å². The first-order valence-electron chi connectivity index (χ1n) is 1.46. The number of halogens is 1. The summed E-state index contributed by atoms with van der Waals surface area (Å²) < 4.78 is 11.2. The molecule has 0 rings (SSSR count). The van der Waals surface area contributed by atoms with Gasteiger partial charge < -0.3 is 5.73 Å². The van der Waals surface area contributed by atoms with Crippen LogP contribution in [0, 0.1) is 6.42 Å². The molecule has 1 radical (unpaired) electrons. The number of nitrogens with two attached hydrogens (primary N) is 1. The lowest BCUT2D eigenvalue weighted by Crippen LogP contribution is -2.10. The minimum Gasteiger partial charge on any atom is -0.302 e. The van der Waals surface area contributed by atoms with Crippen molar-refractivity contribution in [2.45, 2.75) is 13.2 Å². The van der Waals surface area contributed by atoms with E-state index in [0.717, 1.165) is 0 Å². The Bertz CT molecular complexity index is 20.9. The Kier molecular flexibility index (Phi) is 2.10. The number of alkyl halides is 1. The fourth-order valence-corrected chi connectivity index (χ4v) is 0. The Morgan fingerprint density at radius 3 is 2.20 bits per heavy atom. The fourth-order valence-electron chi connectivity index (χ4n) is 0. The third-order valence-corrected chi connectivity index (χ3v) is 0.318. The minimum atomic E-state index is -1.24. The first-order chi connectivity index (χ1) is 2.27. The lowest BCUT2D eigenvalue weighted by molar-refractivity contribution is 0.389. The van der Waals surface area contributed by atoms with Gasteiger partial charge in [0.1, 0.15) is 0 Å². The lowest BCUT2D eigenvalue weighted by Gasteiger charge is -1.86. The minimum absolute atomic E-state index is 1.24. The van der Waals surface area contributed by atoms with Crippen molar-refractivity contribution in [1.82, 2.24) is 0 Å². The largest absolute Gasteiger partial charge is 0.302 e. The zero-order chi connectivity index (χ0) is 4.28. The molecular weight excluding hydrogens is 69.0 g/mol. The second kappa shape index (κ2) is 2.15. The van der Waals surface area contributed by atoms with E-state index in [1.165, 1.54) is 6.42 Å². The Labute approximate surface area is 31.0 Å². The highest BCUT2D eigenvalue weighted by Gasteiger charge is 1.85. The Morgan fingerprint density at radius 1 is 2.00 bits per heavy atom. The van der Waals surface area contributed by atoms with Gasteiger partial charge in [0.05, 0.1) is 0 Å². The molecule has 0 saturated carbocycles. The quantitative estimate of drug-likeness (QED) is 0.451. The number of rotatable bonds is 1. The summed E-state index contributed by atoms with van der Waals surface area (Å²) in [6.07, 6.45) is 0.0370. The molecule has 2 N–H and O–H groups in total. The van der Waals surface area contributed by atoms with Gasteiger partial charge in [-0.15, -0.1) is 0 Å². The molecule has 0 aromatic heterocycles. The summed E-state index contributed by atoms with van der Waals surface area (Å²) >= 11 is 0. The van der Waals surface area contributed by atoms with Crippen molar-refractivity contribution in [3.05, 3.63) is 6.42 Å². The van der Waals surface area contributed by atoms with E-state index in [4.69, 9.17) is 0 Å². The lowest BCUT2D eigenvalue weighted by atomic mass is 10.5. The average molecular weight is 76.1 g/mol. The van der Waals surface area contributed by atoms with Crippen LogP contribution in [0.3, 0.4) is 0 Å². The first kappa shape index (κ1) is 4.89.